The van der Waals surface area contributed by atoms with Crippen LogP contribution in [0.25, 0.3) is 0 Å². The second-order valence-electron chi connectivity index (χ2n) is 5.45. The van der Waals surface area contributed by atoms with Crippen LogP contribution in [-0.4, -0.2) is 11.4 Å². The molecule has 0 spiro atoms. The van der Waals surface area contributed by atoms with Gasteiger partial charge in [-0.15, -0.1) is 0 Å². The van der Waals surface area contributed by atoms with Crippen molar-refractivity contribution in [3.05, 3.63) is 33.3 Å². The third kappa shape index (κ3) is 3.34. The quantitative estimate of drug-likeness (QED) is 0.859. The fourth-order valence-corrected chi connectivity index (χ4v) is 3.24. The Morgan fingerprint density at radius 1 is 1.50 bits per heavy atom. The number of rotatable bonds is 2. The number of hydrogen-bond acceptors (Lipinski definition) is 2. The zero-order valence-electron chi connectivity index (χ0n) is 11.2. The van der Waals surface area contributed by atoms with Gasteiger partial charge in [0.25, 0.3) is 5.91 Å². The van der Waals surface area contributed by atoms with Crippen LogP contribution in [0.5, 0.6) is 0 Å². The van der Waals surface area contributed by atoms with Gasteiger partial charge in [-0.05, 0) is 49.8 Å². The monoisotopic (exact) mass is 354 g/mol. The van der Waals surface area contributed by atoms with Gasteiger partial charge in [-0.25, -0.2) is 0 Å². The lowest BCUT2D eigenvalue weighted by molar-refractivity contribution is 0.0894. The van der Waals surface area contributed by atoms with E-state index in [9.17, 15) is 10.1 Å². The Kier molecular flexibility index (Phi) is 4.72. The molecule has 0 aromatic heterocycles. The fraction of sp³-hybridized carbons (Fsp3) is 0.467. The van der Waals surface area contributed by atoms with Crippen molar-refractivity contribution < 1.29 is 4.79 Å². The molecule has 2 rings (SSSR count). The van der Waals surface area contributed by atoms with Gasteiger partial charge in [0.15, 0.2) is 0 Å². The first-order valence-electron chi connectivity index (χ1n) is 6.64. The second kappa shape index (κ2) is 6.15. The van der Waals surface area contributed by atoms with Gasteiger partial charge in [0, 0.05) is 4.47 Å². The van der Waals surface area contributed by atoms with E-state index in [0.717, 1.165) is 17.3 Å². The molecule has 1 aromatic carbocycles. The Hall–Kier alpha value is -1.05. The normalized spacial score (nSPS) is 25.8. The lowest BCUT2D eigenvalue weighted by atomic mass is 9.78. The average Bonchev–Trinajstić information content (AvgIpc) is 2.41. The highest BCUT2D eigenvalue weighted by atomic mass is 79.9. The number of carbonyl (C=O) groups is 1. The molecule has 1 aliphatic rings. The molecule has 0 atom stereocenters. The molecule has 1 N–H and O–H groups in total. The molecular weight excluding hydrogens is 340 g/mol. The van der Waals surface area contributed by atoms with Crippen molar-refractivity contribution in [3.63, 3.8) is 0 Å². The van der Waals surface area contributed by atoms with Gasteiger partial charge in [0.1, 0.15) is 5.54 Å². The van der Waals surface area contributed by atoms with E-state index >= 15 is 0 Å². The molecule has 3 nitrogen and oxygen atoms in total. The Bertz CT molecular complexity index is 559. The van der Waals surface area contributed by atoms with Crippen molar-refractivity contribution in [2.45, 2.75) is 38.1 Å². The summed E-state index contributed by atoms with van der Waals surface area (Å²) < 4.78 is 0.820. The molecular formula is C15H16BrClN2O. The molecule has 20 heavy (non-hydrogen) atoms. The van der Waals surface area contributed by atoms with Crippen molar-refractivity contribution in [1.29, 1.82) is 5.26 Å². The van der Waals surface area contributed by atoms with Crippen molar-refractivity contribution in [3.8, 4) is 6.07 Å². The molecule has 1 aliphatic carbocycles. The van der Waals surface area contributed by atoms with E-state index in [-0.39, 0.29) is 5.91 Å². The predicted molar refractivity (Wildman–Crippen MR) is 82.6 cm³/mol. The van der Waals surface area contributed by atoms with Crippen LogP contribution in [0, 0.1) is 17.2 Å². The Morgan fingerprint density at radius 3 is 2.70 bits per heavy atom. The topological polar surface area (TPSA) is 52.9 Å². The number of nitrogens with one attached hydrogen (secondary N) is 1. The highest BCUT2D eigenvalue weighted by Gasteiger charge is 2.36. The van der Waals surface area contributed by atoms with Crippen LogP contribution in [0.1, 0.15) is 43.0 Å². The van der Waals surface area contributed by atoms with Gasteiger partial charge in [0.05, 0.1) is 16.7 Å². The summed E-state index contributed by atoms with van der Waals surface area (Å²) in [5, 5.41) is 12.7. The van der Waals surface area contributed by atoms with Crippen molar-refractivity contribution in [1.82, 2.24) is 5.32 Å². The average molecular weight is 356 g/mol. The fourth-order valence-electron chi connectivity index (χ4n) is 2.48. The molecule has 0 radical (unpaired) electrons. The smallest absolute Gasteiger partial charge is 0.254 e. The summed E-state index contributed by atoms with van der Waals surface area (Å²) in [6, 6.07) is 7.40. The van der Waals surface area contributed by atoms with E-state index in [1.807, 2.05) is 0 Å². The standard InChI is InChI=1S/C15H16BrClN2O/c1-10-4-6-15(9-18,7-5-10)19-14(20)12-3-2-11(16)8-13(12)17/h2-3,8,10H,4-7H2,1H3,(H,19,20). The third-order valence-electron chi connectivity index (χ3n) is 3.87. The zero-order chi connectivity index (χ0) is 14.8. The molecule has 0 saturated heterocycles. The summed E-state index contributed by atoms with van der Waals surface area (Å²) in [4.78, 5) is 12.3. The first-order chi connectivity index (χ1) is 9.46. The van der Waals surface area contributed by atoms with E-state index in [1.165, 1.54) is 0 Å². The zero-order valence-corrected chi connectivity index (χ0v) is 13.6. The van der Waals surface area contributed by atoms with E-state index in [1.54, 1.807) is 18.2 Å². The summed E-state index contributed by atoms with van der Waals surface area (Å²) in [5.74, 6) is 0.336. The van der Waals surface area contributed by atoms with Crippen LogP contribution >= 0.6 is 27.5 Å². The number of amides is 1. The molecule has 0 aliphatic heterocycles. The van der Waals surface area contributed by atoms with E-state index in [2.05, 4.69) is 34.2 Å². The molecule has 0 heterocycles. The number of hydrogen-bond donors (Lipinski definition) is 1. The van der Waals surface area contributed by atoms with Crippen LogP contribution < -0.4 is 5.32 Å². The van der Waals surface area contributed by atoms with Gasteiger partial charge >= 0.3 is 0 Å². The van der Waals surface area contributed by atoms with E-state index in [4.69, 9.17) is 11.6 Å². The predicted octanol–water partition coefficient (Wildman–Crippen LogP) is 4.30. The van der Waals surface area contributed by atoms with Crippen LogP contribution in [-0.2, 0) is 0 Å². The van der Waals surface area contributed by atoms with Gasteiger partial charge < -0.3 is 5.32 Å². The molecule has 1 amide bonds. The summed E-state index contributed by atoms with van der Waals surface area (Å²) in [6.07, 6.45) is 3.32. The largest absolute Gasteiger partial charge is 0.334 e. The Balaban J connectivity index is 2.16. The SMILES string of the molecule is CC1CCC(C#N)(NC(=O)c2ccc(Br)cc2Cl)CC1. The molecule has 1 aromatic rings. The minimum absolute atomic E-state index is 0.279. The van der Waals surface area contributed by atoms with Crippen LogP contribution in [0.2, 0.25) is 5.02 Å². The summed E-state index contributed by atoms with van der Waals surface area (Å²) in [7, 11) is 0. The highest BCUT2D eigenvalue weighted by Crippen LogP contribution is 2.32. The van der Waals surface area contributed by atoms with Crippen LogP contribution in [0.4, 0.5) is 0 Å². The molecule has 106 valence electrons. The lowest BCUT2D eigenvalue weighted by Crippen LogP contribution is -2.49. The summed E-state index contributed by atoms with van der Waals surface area (Å²) >= 11 is 9.39. The molecule has 5 heteroatoms. The second-order valence-corrected chi connectivity index (χ2v) is 6.78. The van der Waals surface area contributed by atoms with E-state index in [0.29, 0.717) is 29.3 Å². The molecule has 0 bridgehead atoms. The third-order valence-corrected chi connectivity index (χ3v) is 4.68. The van der Waals surface area contributed by atoms with Crippen molar-refractivity contribution in [2.75, 3.05) is 0 Å². The Labute approximate surface area is 132 Å². The van der Waals surface area contributed by atoms with Gasteiger partial charge in [-0.1, -0.05) is 34.5 Å². The summed E-state index contributed by atoms with van der Waals surface area (Å²) in [5.41, 5.74) is -0.344. The van der Waals surface area contributed by atoms with Crippen LogP contribution in [0.15, 0.2) is 22.7 Å². The number of benzene rings is 1. The minimum atomic E-state index is -0.750. The Morgan fingerprint density at radius 2 is 2.15 bits per heavy atom. The van der Waals surface area contributed by atoms with Gasteiger partial charge in [-0.2, -0.15) is 5.26 Å². The first kappa shape index (κ1) is 15.3. The number of nitrogens with zero attached hydrogens (tertiary/aromatic N) is 1. The number of nitriles is 1. The maximum atomic E-state index is 12.3. The minimum Gasteiger partial charge on any atom is -0.334 e. The van der Waals surface area contributed by atoms with E-state index < -0.39 is 5.54 Å². The molecule has 0 unspecified atom stereocenters. The first-order valence-corrected chi connectivity index (χ1v) is 7.82. The van der Waals surface area contributed by atoms with Crippen molar-refractivity contribution >= 4 is 33.4 Å². The number of carbonyl (C=O) groups excluding carboxylic acids is 1. The lowest BCUT2D eigenvalue weighted by Gasteiger charge is -2.34. The summed E-state index contributed by atoms with van der Waals surface area (Å²) in [6.45, 7) is 2.18. The number of halogens is 2. The maximum Gasteiger partial charge on any atom is 0.254 e. The van der Waals surface area contributed by atoms with Crippen LogP contribution in [0.3, 0.4) is 0 Å². The highest BCUT2D eigenvalue weighted by molar-refractivity contribution is 9.10. The molecule has 1 fully saturated rings. The van der Waals surface area contributed by atoms with Gasteiger partial charge in [0.2, 0.25) is 0 Å². The molecule has 1 saturated carbocycles. The van der Waals surface area contributed by atoms with Gasteiger partial charge in [-0.3, -0.25) is 4.79 Å². The maximum absolute atomic E-state index is 12.3. The van der Waals surface area contributed by atoms with Crippen molar-refractivity contribution in [2.24, 2.45) is 5.92 Å².